The van der Waals surface area contributed by atoms with Crippen molar-refractivity contribution in [3.05, 3.63) is 66.3 Å². The van der Waals surface area contributed by atoms with Crippen molar-refractivity contribution in [1.82, 2.24) is 4.98 Å². The second-order valence-corrected chi connectivity index (χ2v) is 5.74. The topological polar surface area (TPSA) is 122 Å². The molecule has 3 rings (SSSR count). The third kappa shape index (κ3) is 4.89. The van der Waals surface area contributed by atoms with E-state index in [0.29, 0.717) is 16.6 Å². The maximum absolute atomic E-state index is 10.4. The van der Waals surface area contributed by atoms with Crippen LogP contribution in [0.5, 0.6) is 5.75 Å². The molecule has 0 fully saturated rings. The molecule has 3 aromatic rings. The summed E-state index contributed by atoms with van der Waals surface area (Å²) in [5, 5.41) is 13.1. The van der Waals surface area contributed by atoms with Crippen molar-refractivity contribution in [3.8, 4) is 5.75 Å². The minimum absolute atomic E-state index is 0. The molecule has 0 radical (unpaired) electrons. The summed E-state index contributed by atoms with van der Waals surface area (Å²) < 4.78 is 29.2. The van der Waals surface area contributed by atoms with Crippen LogP contribution >= 0.6 is 0 Å². The number of rotatable bonds is 2. The predicted molar refractivity (Wildman–Crippen MR) is 83.9 cm³/mol. The van der Waals surface area contributed by atoms with Crippen molar-refractivity contribution in [2.24, 2.45) is 5.11 Å². The Hall–Kier alpha value is -2.22. The molecule has 0 atom stereocenters. The molecule has 1 aromatic heterocycles. The third-order valence-electron chi connectivity index (χ3n) is 2.82. The van der Waals surface area contributed by atoms with Gasteiger partial charge >= 0.3 is 19.5 Å². The number of fused-ring (bicyclic) bond motifs is 1. The van der Waals surface area contributed by atoms with Crippen LogP contribution in [0.2, 0.25) is 0 Å². The number of aromatic hydroxyl groups is 1. The molecule has 0 spiro atoms. The first-order valence-electron chi connectivity index (χ1n) is 6.29. The number of hydrogen-bond acceptors (Lipinski definition) is 5. The van der Waals surface area contributed by atoms with E-state index in [-0.39, 0.29) is 30.1 Å². The molecule has 2 aromatic carbocycles. The summed E-state index contributed by atoms with van der Waals surface area (Å²) in [7, 11) is -4.02. The summed E-state index contributed by atoms with van der Waals surface area (Å²) in [6.45, 7) is 0. The Labute approximate surface area is 151 Å². The standard InChI is InChI=1S/C9H6N3O.C6H5O3S.Zn/c10-12-7-3-4-8(13)9-6(7)2-1-5-11-9;7-10(8,9)6-4-2-1-3-5-6;/h1-5,13H;2-5H,(H,7,8,9);/q2*-1;+2. The fraction of sp³-hybridized carbons (Fsp3) is 0. The first-order valence-corrected chi connectivity index (χ1v) is 7.73. The molecule has 0 aliphatic carbocycles. The summed E-state index contributed by atoms with van der Waals surface area (Å²) in [5.41, 5.74) is 9.49. The van der Waals surface area contributed by atoms with Crippen LogP contribution in [-0.2, 0) is 29.6 Å². The average molecular weight is 395 g/mol. The van der Waals surface area contributed by atoms with E-state index >= 15 is 0 Å². The second kappa shape index (κ2) is 8.58. The van der Waals surface area contributed by atoms with Gasteiger partial charge in [0.1, 0.15) is 11.3 Å². The second-order valence-electron chi connectivity index (χ2n) is 4.31. The SMILES string of the molecule is O=S(=O)(O)c1cc[c-]cc1.[N-]=Nc1ccc(O)c2ncccc12.[Zn+2]. The fourth-order valence-electron chi connectivity index (χ4n) is 1.77. The monoisotopic (exact) mass is 393 g/mol. The Kier molecular flexibility index (Phi) is 7.09. The molecule has 24 heavy (non-hydrogen) atoms. The summed E-state index contributed by atoms with van der Waals surface area (Å²) in [6.07, 6.45) is 1.57. The summed E-state index contributed by atoms with van der Waals surface area (Å²) >= 11 is 0. The summed E-state index contributed by atoms with van der Waals surface area (Å²) in [5.74, 6) is 0.0861. The van der Waals surface area contributed by atoms with Gasteiger partial charge in [0, 0.05) is 17.3 Å². The van der Waals surface area contributed by atoms with E-state index in [0.717, 1.165) is 0 Å². The summed E-state index contributed by atoms with van der Waals surface area (Å²) in [4.78, 5) is 3.86. The van der Waals surface area contributed by atoms with Crippen LogP contribution < -0.4 is 0 Å². The van der Waals surface area contributed by atoms with Crippen molar-refractivity contribution in [2.45, 2.75) is 4.90 Å². The minimum Gasteiger partial charge on any atom is -0.706 e. The maximum Gasteiger partial charge on any atom is 2.00 e. The van der Waals surface area contributed by atoms with Gasteiger partial charge in [-0.1, -0.05) is 0 Å². The first-order chi connectivity index (χ1) is 10.9. The molecule has 0 aliphatic rings. The van der Waals surface area contributed by atoms with Gasteiger partial charge in [-0.25, -0.2) is 0 Å². The average Bonchev–Trinajstić information content (AvgIpc) is 2.56. The van der Waals surface area contributed by atoms with Crippen LogP contribution in [0.4, 0.5) is 5.69 Å². The van der Waals surface area contributed by atoms with Crippen LogP contribution in [0.3, 0.4) is 0 Å². The van der Waals surface area contributed by atoms with Crippen molar-refractivity contribution in [1.29, 1.82) is 0 Å². The molecule has 0 aliphatic heterocycles. The minimum atomic E-state index is -4.02. The third-order valence-corrected chi connectivity index (χ3v) is 3.69. The Balaban J connectivity index is 0.000000238. The molecule has 118 valence electrons. The van der Waals surface area contributed by atoms with Gasteiger partial charge in [0.15, 0.2) is 0 Å². The van der Waals surface area contributed by atoms with E-state index in [1.807, 2.05) is 0 Å². The maximum atomic E-state index is 10.4. The van der Waals surface area contributed by atoms with E-state index in [4.69, 9.17) is 10.1 Å². The molecule has 7 nitrogen and oxygen atoms in total. The number of pyridine rings is 1. The van der Waals surface area contributed by atoms with Crippen molar-refractivity contribution < 1.29 is 37.6 Å². The quantitative estimate of drug-likeness (QED) is 0.299. The predicted octanol–water partition coefficient (Wildman–Crippen LogP) is 3.32. The summed E-state index contributed by atoms with van der Waals surface area (Å²) in [6, 6.07) is 14.4. The molecule has 0 saturated carbocycles. The van der Waals surface area contributed by atoms with E-state index in [2.05, 4.69) is 16.2 Å². The molecular weight excluding hydrogens is 384 g/mol. The molecular formula is C15H11N3O4SZn. The number of aromatic nitrogens is 1. The Morgan fingerprint density at radius 1 is 1.12 bits per heavy atom. The van der Waals surface area contributed by atoms with Gasteiger partial charge in [0.25, 0.3) is 10.1 Å². The van der Waals surface area contributed by atoms with E-state index in [9.17, 15) is 13.5 Å². The smallest absolute Gasteiger partial charge is 0.706 e. The van der Waals surface area contributed by atoms with Gasteiger partial charge in [-0.05, 0) is 29.2 Å². The van der Waals surface area contributed by atoms with Gasteiger partial charge in [0.2, 0.25) is 0 Å². The van der Waals surface area contributed by atoms with E-state index < -0.39 is 10.1 Å². The number of benzene rings is 2. The number of phenolic OH excluding ortho intramolecular Hbond substituents is 1. The number of hydrogen-bond donors (Lipinski definition) is 2. The van der Waals surface area contributed by atoms with Gasteiger partial charge in [-0.3, -0.25) is 9.54 Å². The van der Waals surface area contributed by atoms with Gasteiger partial charge < -0.3 is 15.8 Å². The first kappa shape index (κ1) is 19.8. The molecule has 0 amide bonds. The van der Waals surface area contributed by atoms with Crippen LogP contribution in [-0.4, -0.2) is 23.1 Å². The van der Waals surface area contributed by atoms with Gasteiger partial charge in [-0.2, -0.15) is 26.6 Å². The number of nitrogens with zero attached hydrogens (tertiary/aromatic N) is 3. The van der Waals surface area contributed by atoms with Gasteiger partial charge in [-0.15, -0.1) is 12.1 Å². The Morgan fingerprint density at radius 3 is 2.33 bits per heavy atom. The van der Waals surface area contributed by atoms with E-state index in [1.54, 1.807) is 18.3 Å². The molecule has 2 N–H and O–H groups in total. The Bertz CT molecular complexity index is 934. The normalized spacial score (nSPS) is 10.2. The molecule has 0 bridgehead atoms. The van der Waals surface area contributed by atoms with Crippen LogP contribution in [0, 0.1) is 6.07 Å². The Morgan fingerprint density at radius 2 is 1.79 bits per heavy atom. The van der Waals surface area contributed by atoms with Gasteiger partial charge in [0.05, 0.1) is 0 Å². The molecule has 0 unspecified atom stereocenters. The molecule has 9 heteroatoms. The number of phenols is 1. The van der Waals surface area contributed by atoms with Crippen LogP contribution in [0.15, 0.2) is 64.7 Å². The molecule has 0 saturated heterocycles. The largest absolute Gasteiger partial charge is 2.00 e. The van der Waals surface area contributed by atoms with Crippen molar-refractivity contribution in [2.75, 3.05) is 0 Å². The zero-order valence-corrected chi connectivity index (χ0v) is 16.1. The zero-order valence-electron chi connectivity index (χ0n) is 12.4. The van der Waals surface area contributed by atoms with Crippen molar-refractivity contribution in [3.63, 3.8) is 0 Å². The fourth-order valence-corrected chi connectivity index (χ4v) is 2.25. The van der Waals surface area contributed by atoms with Crippen molar-refractivity contribution >= 4 is 26.7 Å². The van der Waals surface area contributed by atoms with Crippen LogP contribution in [0.1, 0.15) is 0 Å². The molecule has 1 heterocycles. The van der Waals surface area contributed by atoms with Crippen LogP contribution in [0.25, 0.3) is 16.4 Å². The van der Waals surface area contributed by atoms with E-state index in [1.165, 1.54) is 36.4 Å². The zero-order chi connectivity index (χ0) is 16.9.